The Bertz CT molecular complexity index is 489. The Morgan fingerprint density at radius 3 is 2.48 bits per heavy atom. The largest absolute Gasteiger partial charge is 0.463 e. The Morgan fingerprint density at radius 2 is 1.96 bits per heavy atom. The fourth-order valence-corrected chi connectivity index (χ4v) is 2.32. The average molecular weight is 329 g/mol. The second kappa shape index (κ2) is 8.28. The molecular formula is C14H23N3O6. The van der Waals surface area contributed by atoms with Gasteiger partial charge in [0.05, 0.1) is 25.4 Å². The van der Waals surface area contributed by atoms with Crippen LogP contribution in [0.4, 0.5) is 0 Å². The summed E-state index contributed by atoms with van der Waals surface area (Å²) in [6.07, 6.45) is -4.18. The first-order chi connectivity index (χ1) is 10.7. The number of hydrogen-bond donors (Lipinski definition) is 2. The molecule has 1 aliphatic heterocycles. The van der Waals surface area contributed by atoms with E-state index in [1.54, 1.807) is 20.8 Å². The maximum Gasteiger partial charge on any atom is 0.333 e. The van der Waals surface area contributed by atoms with Crippen molar-refractivity contribution in [1.29, 1.82) is 0 Å². The first-order valence-electron chi connectivity index (χ1n) is 7.29. The zero-order valence-corrected chi connectivity index (χ0v) is 13.5. The van der Waals surface area contributed by atoms with E-state index in [1.807, 2.05) is 0 Å². The molecule has 1 heterocycles. The van der Waals surface area contributed by atoms with Gasteiger partial charge in [-0.3, -0.25) is 0 Å². The maximum absolute atomic E-state index is 11.6. The SMILES string of the molecule is C=C(CC(O)[C@H]1OC(C)(C)OC1[C@H](O)CN=[N+]=[N-])C(=O)OCC. The first-order valence-corrected chi connectivity index (χ1v) is 7.29. The van der Waals surface area contributed by atoms with Gasteiger partial charge in [0.25, 0.3) is 0 Å². The molecule has 2 N–H and O–H groups in total. The van der Waals surface area contributed by atoms with Crippen LogP contribution >= 0.6 is 0 Å². The molecule has 2 unspecified atom stereocenters. The van der Waals surface area contributed by atoms with Crippen molar-refractivity contribution in [2.24, 2.45) is 5.11 Å². The highest BCUT2D eigenvalue weighted by molar-refractivity contribution is 5.87. The van der Waals surface area contributed by atoms with E-state index in [2.05, 4.69) is 16.6 Å². The van der Waals surface area contributed by atoms with E-state index in [9.17, 15) is 15.0 Å². The van der Waals surface area contributed by atoms with Crippen molar-refractivity contribution >= 4 is 5.97 Å². The van der Waals surface area contributed by atoms with Crippen LogP contribution in [-0.4, -0.2) is 59.5 Å². The summed E-state index contributed by atoms with van der Waals surface area (Å²) in [5.41, 5.74) is 8.42. The predicted molar refractivity (Wildman–Crippen MR) is 80.2 cm³/mol. The summed E-state index contributed by atoms with van der Waals surface area (Å²) in [7, 11) is 0. The highest BCUT2D eigenvalue weighted by Crippen LogP contribution is 2.33. The Labute approximate surface area is 134 Å². The van der Waals surface area contributed by atoms with E-state index >= 15 is 0 Å². The summed E-state index contributed by atoms with van der Waals surface area (Å²) < 4.78 is 16.0. The van der Waals surface area contributed by atoms with Gasteiger partial charge in [0.1, 0.15) is 12.2 Å². The molecule has 1 rings (SSSR count). The number of esters is 1. The zero-order valence-electron chi connectivity index (χ0n) is 13.5. The van der Waals surface area contributed by atoms with Crippen molar-refractivity contribution in [2.45, 2.75) is 57.4 Å². The lowest BCUT2D eigenvalue weighted by Crippen LogP contribution is -2.43. The van der Waals surface area contributed by atoms with Crippen LogP contribution in [0.15, 0.2) is 17.3 Å². The van der Waals surface area contributed by atoms with Crippen LogP contribution < -0.4 is 0 Å². The summed E-state index contributed by atoms with van der Waals surface area (Å²) in [6.45, 7) is 8.50. The molecule has 1 saturated heterocycles. The molecule has 1 fully saturated rings. The number of rotatable bonds is 8. The highest BCUT2D eigenvalue weighted by Gasteiger charge is 2.47. The molecule has 23 heavy (non-hydrogen) atoms. The van der Waals surface area contributed by atoms with E-state index < -0.39 is 36.2 Å². The molecule has 9 heteroatoms. The number of aliphatic hydroxyl groups is 2. The fraction of sp³-hybridized carbons (Fsp3) is 0.786. The maximum atomic E-state index is 11.6. The van der Waals surface area contributed by atoms with Gasteiger partial charge in [0.15, 0.2) is 5.79 Å². The van der Waals surface area contributed by atoms with Gasteiger partial charge in [-0.1, -0.05) is 11.7 Å². The number of hydrogen-bond acceptors (Lipinski definition) is 7. The van der Waals surface area contributed by atoms with Crippen LogP contribution in [0.5, 0.6) is 0 Å². The molecule has 130 valence electrons. The van der Waals surface area contributed by atoms with E-state index in [4.69, 9.17) is 19.7 Å². The third kappa shape index (κ3) is 5.49. The van der Waals surface area contributed by atoms with Gasteiger partial charge < -0.3 is 24.4 Å². The number of ether oxygens (including phenoxy) is 3. The molecule has 9 nitrogen and oxygen atoms in total. The van der Waals surface area contributed by atoms with E-state index in [0.29, 0.717) is 0 Å². The average Bonchev–Trinajstić information content (AvgIpc) is 2.81. The van der Waals surface area contributed by atoms with Crippen LogP contribution in [0.3, 0.4) is 0 Å². The molecule has 0 amide bonds. The monoisotopic (exact) mass is 329 g/mol. The summed E-state index contributed by atoms with van der Waals surface area (Å²) in [5.74, 6) is -1.63. The van der Waals surface area contributed by atoms with Crippen LogP contribution in [0.1, 0.15) is 27.2 Å². The van der Waals surface area contributed by atoms with E-state index in [0.717, 1.165) is 0 Å². The molecule has 4 atom stereocenters. The van der Waals surface area contributed by atoms with Gasteiger partial charge in [-0.05, 0) is 26.3 Å². The summed E-state index contributed by atoms with van der Waals surface area (Å²) in [6, 6.07) is 0. The van der Waals surface area contributed by atoms with Crippen LogP contribution in [-0.2, 0) is 19.0 Å². The lowest BCUT2D eigenvalue weighted by atomic mass is 9.98. The molecule has 0 spiro atoms. The minimum absolute atomic E-state index is 0.0896. The number of aliphatic hydroxyl groups excluding tert-OH is 2. The van der Waals surface area contributed by atoms with Gasteiger partial charge in [-0.15, -0.1) is 0 Å². The smallest absolute Gasteiger partial charge is 0.333 e. The number of carbonyl (C=O) groups is 1. The van der Waals surface area contributed by atoms with Gasteiger partial charge in [-0.2, -0.15) is 0 Å². The molecule has 0 radical (unpaired) electrons. The van der Waals surface area contributed by atoms with Gasteiger partial charge in [-0.25, -0.2) is 4.79 Å². The van der Waals surface area contributed by atoms with Crippen LogP contribution in [0, 0.1) is 0 Å². The van der Waals surface area contributed by atoms with Crippen molar-refractivity contribution in [3.63, 3.8) is 0 Å². The Morgan fingerprint density at radius 1 is 1.39 bits per heavy atom. The Kier molecular flexibility index (Phi) is 6.99. The molecule has 0 aromatic rings. The lowest BCUT2D eigenvalue weighted by molar-refractivity contribution is -0.160. The number of azide groups is 1. The first kappa shape index (κ1) is 19.4. The predicted octanol–water partition coefficient (Wildman–Crippen LogP) is 1.05. The molecule has 0 bridgehead atoms. The zero-order chi connectivity index (χ0) is 17.6. The molecular weight excluding hydrogens is 306 g/mol. The number of nitrogens with zero attached hydrogens (tertiary/aromatic N) is 3. The molecule has 0 saturated carbocycles. The van der Waals surface area contributed by atoms with Crippen molar-refractivity contribution in [1.82, 2.24) is 0 Å². The quantitative estimate of drug-likeness (QED) is 0.225. The van der Waals surface area contributed by atoms with Crippen molar-refractivity contribution in [2.75, 3.05) is 13.2 Å². The van der Waals surface area contributed by atoms with Gasteiger partial charge in [0.2, 0.25) is 0 Å². The van der Waals surface area contributed by atoms with Crippen molar-refractivity contribution < 1.29 is 29.2 Å². The molecule has 1 aliphatic rings. The van der Waals surface area contributed by atoms with Crippen molar-refractivity contribution in [3.05, 3.63) is 22.6 Å². The number of carbonyl (C=O) groups excluding carboxylic acids is 1. The summed E-state index contributed by atoms with van der Waals surface area (Å²) in [5, 5.41) is 23.7. The Hall–Kier alpha value is -1.64. The second-order valence-corrected chi connectivity index (χ2v) is 5.64. The normalized spacial score (nSPS) is 25.3. The van der Waals surface area contributed by atoms with Crippen LogP contribution in [0.25, 0.3) is 10.4 Å². The molecule has 0 aromatic carbocycles. The standard InChI is InChI=1S/C14H23N3O6/c1-5-21-13(20)8(2)6-9(18)11-12(10(19)7-16-17-15)23-14(3,4)22-11/h9-12,18-19H,2,5-7H2,1,3-4H3/t9?,10-,11-,12?/m1/s1. The summed E-state index contributed by atoms with van der Waals surface area (Å²) >= 11 is 0. The second-order valence-electron chi connectivity index (χ2n) is 5.64. The Balaban J connectivity index is 2.78. The summed E-state index contributed by atoms with van der Waals surface area (Å²) in [4.78, 5) is 14.1. The van der Waals surface area contributed by atoms with E-state index in [-0.39, 0.29) is 25.1 Å². The molecule has 0 aliphatic carbocycles. The van der Waals surface area contributed by atoms with Gasteiger partial charge in [0, 0.05) is 16.9 Å². The minimum Gasteiger partial charge on any atom is -0.463 e. The third-order valence-corrected chi connectivity index (χ3v) is 3.27. The third-order valence-electron chi connectivity index (χ3n) is 3.27. The van der Waals surface area contributed by atoms with Gasteiger partial charge >= 0.3 is 5.97 Å². The lowest BCUT2D eigenvalue weighted by Gasteiger charge is -2.25. The minimum atomic E-state index is -1.15. The molecule has 0 aromatic heterocycles. The van der Waals surface area contributed by atoms with Crippen molar-refractivity contribution in [3.8, 4) is 0 Å². The topological polar surface area (TPSA) is 134 Å². The highest BCUT2D eigenvalue weighted by atomic mass is 16.8. The van der Waals surface area contributed by atoms with Crippen LogP contribution in [0.2, 0.25) is 0 Å². The fourth-order valence-electron chi connectivity index (χ4n) is 2.32. The van der Waals surface area contributed by atoms with E-state index in [1.165, 1.54) is 0 Å².